The zero-order valence-corrected chi connectivity index (χ0v) is 6.21. The van der Waals surface area contributed by atoms with Crippen molar-refractivity contribution in [1.82, 2.24) is 4.98 Å². The minimum atomic E-state index is 0.621. The van der Waals surface area contributed by atoms with E-state index in [9.17, 15) is 5.21 Å². The minimum Gasteiger partial charge on any atom is -0.619 e. The molecule has 0 unspecified atom stereocenters. The zero-order valence-electron chi connectivity index (χ0n) is 4.62. The first-order chi connectivity index (χ1) is 4.33. The van der Waals surface area contributed by atoms with Crippen LogP contribution >= 0.6 is 15.9 Å². The quantitative estimate of drug-likeness (QED) is 0.369. The summed E-state index contributed by atoms with van der Waals surface area (Å²) in [5.74, 6) is 0. The van der Waals surface area contributed by atoms with Crippen molar-refractivity contribution in [2.75, 3.05) is 0 Å². The van der Waals surface area contributed by atoms with E-state index >= 15 is 0 Å². The lowest BCUT2D eigenvalue weighted by Crippen LogP contribution is -2.25. The maximum atomic E-state index is 10.5. The molecule has 0 saturated carbocycles. The summed E-state index contributed by atoms with van der Waals surface area (Å²) in [6, 6.07) is 0. The Morgan fingerprint density at radius 1 is 1.78 bits per heavy atom. The van der Waals surface area contributed by atoms with E-state index in [1.54, 1.807) is 0 Å². The first-order valence-corrected chi connectivity index (χ1v) is 3.55. The van der Waals surface area contributed by atoms with Gasteiger partial charge in [-0.25, -0.2) is 4.98 Å². The van der Waals surface area contributed by atoms with Gasteiger partial charge in [0.15, 0.2) is 6.20 Å². The van der Waals surface area contributed by atoms with Crippen molar-refractivity contribution in [2.24, 2.45) is 0 Å². The van der Waals surface area contributed by atoms with Crippen LogP contribution in [0.4, 0.5) is 0 Å². The molecule has 1 aromatic rings. The summed E-state index contributed by atoms with van der Waals surface area (Å²) in [6.45, 7) is 0. The Bertz CT molecular complexity index is 204. The van der Waals surface area contributed by atoms with Gasteiger partial charge in [-0.05, 0) is 0 Å². The molecule has 0 fully saturated rings. The maximum absolute atomic E-state index is 10.5. The van der Waals surface area contributed by atoms with Crippen LogP contribution in [0.2, 0.25) is 0 Å². The van der Waals surface area contributed by atoms with Gasteiger partial charge in [0.2, 0.25) is 6.20 Å². The first-order valence-electron chi connectivity index (χ1n) is 2.42. The van der Waals surface area contributed by atoms with E-state index in [0.29, 0.717) is 5.33 Å². The molecule has 1 rings (SSSR count). The summed E-state index contributed by atoms with van der Waals surface area (Å²) in [6.07, 6.45) is 4.25. The summed E-state index contributed by atoms with van der Waals surface area (Å²) < 4.78 is 0.726. The molecule has 0 aliphatic heterocycles. The van der Waals surface area contributed by atoms with Gasteiger partial charge in [-0.1, -0.05) is 15.9 Å². The molecule has 0 aromatic carbocycles. The molecule has 0 saturated heterocycles. The van der Waals surface area contributed by atoms with Crippen molar-refractivity contribution in [2.45, 2.75) is 5.33 Å². The van der Waals surface area contributed by atoms with Crippen LogP contribution in [0, 0.1) is 5.21 Å². The average Bonchev–Trinajstić information content (AvgIpc) is 1.88. The third-order valence-corrected chi connectivity index (χ3v) is 1.44. The Morgan fingerprint density at radius 3 is 3.00 bits per heavy atom. The van der Waals surface area contributed by atoms with E-state index in [1.807, 2.05) is 0 Å². The monoisotopic (exact) mass is 188 g/mol. The first kappa shape index (κ1) is 6.48. The molecule has 9 heavy (non-hydrogen) atoms. The van der Waals surface area contributed by atoms with Crippen molar-refractivity contribution in [3.05, 3.63) is 29.5 Å². The number of hydrogen-bond donors (Lipinski definition) is 0. The zero-order chi connectivity index (χ0) is 6.69. The van der Waals surface area contributed by atoms with E-state index in [4.69, 9.17) is 0 Å². The Morgan fingerprint density at radius 2 is 2.56 bits per heavy atom. The molecule has 48 valence electrons. The van der Waals surface area contributed by atoms with Gasteiger partial charge in [0.1, 0.15) is 5.69 Å². The molecule has 0 spiro atoms. The number of nitrogens with zero attached hydrogens (tertiary/aromatic N) is 2. The molecule has 1 heterocycles. The van der Waals surface area contributed by atoms with Crippen molar-refractivity contribution in [1.29, 1.82) is 0 Å². The molecule has 0 aliphatic rings. The van der Waals surface area contributed by atoms with Gasteiger partial charge in [0.25, 0.3) is 0 Å². The second kappa shape index (κ2) is 2.77. The summed E-state index contributed by atoms with van der Waals surface area (Å²) in [4.78, 5) is 3.89. The summed E-state index contributed by atoms with van der Waals surface area (Å²) >= 11 is 3.18. The van der Waals surface area contributed by atoms with Crippen molar-refractivity contribution < 1.29 is 4.73 Å². The van der Waals surface area contributed by atoms with E-state index in [1.165, 1.54) is 18.6 Å². The molecule has 0 amide bonds. The molecule has 0 bridgehead atoms. The molecule has 0 aliphatic carbocycles. The lowest BCUT2D eigenvalue weighted by Gasteiger charge is -1.94. The molecular formula is C5H5BrN2O. The Kier molecular flexibility index (Phi) is 2.00. The number of rotatable bonds is 1. The lowest BCUT2D eigenvalue weighted by atomic mass is 10.5. The highest BCUT2D eigenvalue weighted by molar-refractivity contribution is 9.08. The third kappa shape index (κ3) is 1.64. The third-order valence-electron chi connectivity index (χ3n) is 0.867. The van der Waals surface area contributed by atoms with E-state index in [-0.39, 0.29) is 0 Å². The normalized spacial score (nSPS) is 9.44. The number of alkyl halides is 1. The second-order valence-corrected chi connectivity index (χ2v) is 2.10. The highest BCUT2D eigenvalue weighted by Gasteiger charge is 1.93. The fraction of sp³-hybridized carbons (Fsp3) is 0.200. The van der Waals surface area contributed by atoms with Gasteiger partial charge >= 0.3 is 0 Å². The fourth-order valence-corrected chi connectivity index (χ4v) is 0.777. The SMILES string of the molecule is [O-][n+]1ccnc(CBr)c1. The van der Waals surface area contributed by atoms with Crippen molar-refractivity contribution >= 4 is 15.9 Å². The van der Waals surface area contributed by atoms with Crippen molar-refractivity contribution in [3.8, 4) is 0 Å². The largest absolute Gasteiger partial charge is 0.619 e. The van der Waals surface area contributed by atoms with Crippen LogP contribution in [-0.2, 0) is 5.33 Å². The lowest BCUT2D eigenvalue weighted by molar-refractivity contribution is -0.606. The van der Waals surface area contributed by atoms with Gasteiger partial charge in [-0.2, -0.15) is 4.73 Å². The fourth-order valence-electron chi connectivity index (χ4n) is 0.487. The van der Waals surface area contributed by atoms with Crippen molar-refractivity contribution in [3.63, 3.8) is 0 Å². The standard InChI is InChI=1S/C5H5BrN2O/c6-3-5-4-8(9)2-1-7-5/h1-2,4H,3H2. The number of aromatic nitrogens is 2. The highest BCUT2D eigenvalue weighted by atomic mass is 79.9. The summed E-state index contributed by atoms with van der Waals surface area (Å²) in [5, 5.41) is 11.1. The smallest absolute Gasteiger partial charge is 0.202 e. The van der Waals surface area contributed by atoms with E-state index in [0.717, 1.165) is 10.4 Å². The van der Waals surface area contributed by atoms with Crippen LogP contribution in [0.25, 0.3) is 0 Å². The Hall–Kier alpha value is -0.640. The van der Waals surface area contributed by atoms with Crippen LogP contribution in [0.3, 0.4) is 0 Å². The van der Waals surface area contributed by atoms with Gasteiger partial charge in [0.05, 0.1) is 11.5 Å². The maximum Gasteiger partial charge on any atom is 0.202 e. The second-order valence-electron chi connectivity index (χ2n) is 1.54. The van der Waals surface area contributed by atoms with Crippen LogP contribution in [-0.4, -0.2) is 4.98 Å². The van der Waals surface area contributed by atoms with Gasteiger partial charge < -0.3 is 5.21 Å². The predicted octanol–water partition coefficient (Wildman–Crippen LogP) is 0.610. The summed E-state index contributed by atoms with van der Waals surface area (Å²) in [5.41, 5.74) is 0.743. The molecule has 1 aromatic heterocycles. The average molecular weight is 189 g/mol. The molecular weight excluding hydrogens is 184 g/mol. The number of halogens is 1. The Balaban J connectivity index is 2.94. The van der Waals surface area contributed by atoms with Gasteiger partial charge in [-0.15, -0.1) is 0 Å². The van der Waals surface area contributed by atoms with Gasteiger partial charge in [-0.3, -0.25) is 0 Å². The number of hydrogen-bond acceptors (Lipinski definition) is 2. The van der Waals surface area contributed by atoms with Gasteiger partial charge in [0, 0.05) is 0 Å². The van der Waals surface area contributed by atoms with Crippen LogP contribution in [0.1, 0.15) is 5.69 Å². The van der Waals surface area contributed by atoms with Crippen LogP contribution in [0.5, 0.6) is 0 Å². The van der Waals surface area contributed by atoms with Crippen LogP contribution in [0.15, 0.2) is 18.6 Å². The molecule has 0 radical (unpaired) electrons. The molecule has 4 heteroatoms. The van der Waals surface area contributed by atoms with E-state index in [2.05, 4.69) is 20.9 Å². The minimum absolute atomic E-state index is 0.621. The van der Waals surface area contributed by atoms with E-state index < -0.39 is 0 Å². The Labute approximate surface area is 61.1 Å². The predicted molar refractivity (Wildman–Crippen MR) is 35.8 cm³/mol. The van der Waals surface area contributed by atoms with Crippen LogP contribution < -0.4 is 4.73 Å². The molecule has 3 nitrogen and oxygen atoms in total. The molecule has 0 N–H and O–H groups in total. The molecule has 0 atom stereocenters. The highest BCUT2D eigenvalue weighted by Crippen LogP contribution is 1.95. The topological polar surface area (TPSA) is 39.8 Å². The summed E-state index contributed by atoms with van der Waals surface area (Å²) in [7, 11) is 0.